The molecule has 0 fully saturated rings. The van der Waals surface area contributed by atoms with Gasteiger partial charge in [-0.3, -0.25) is 29.9 Å². The minimum absolute atomic E-state index is 0. The quantitative estimate of drug-likeness (QED) is 0.0767. The van der Waals surface area contributed by atoms with Crippen molar-refractivity contribution >= 4 is 52.1 Å². The fraction of sp³-hybridized carbons (Fsp3) is 0.0588. The molecule has 0 aromatic carbocycles. The zero-order chi connectivity index (χ0) is 56.3. The third-order valence-corrected chi connectivity index (χ3v) is 9.03. The number of rotatable bonds is 9. The topological polar surface area (TPSA) is 155 Å². The fourth-order valence-electron chi connectivity index (χ4n) is 5.87. The minimum atomic E-state index is -10.7. The predicted octanol–water partition coefficient (Wildman–Crippen LogP) is 17.0. The monoisotopic (exact) mass is 1170 g/mol. The van der Waals surface area contributed by atoms with Crippen LogP contribution in [0, 0.1) is 20.8 Å². The first-order valence-electron chi connectivity index (χ1n) is 21.9. The number of nitrogens with zero attached hydrogens (tertiary/aromatic N) is 12. The molecule has 0 amide bonds. The van der Waals surface area contributed by atoms with E-state index in [1.54, 1.807) is 74.4 Å². The molecule has 0 aliphatic carbocycles. The van der Waals surface area contributed by atoms with Crippen LogP contribution in [-0.2, 0) is 17.1 Å². The summed E-state index contributed by atoms with van der Waals surface area (Å²) in [6.45, 7) is 6.14. The van der Waals surface area contributed by atoms with Crippen LogP contribution in [0.3, 0.4) is 0 Å². The molecule has 0 unspecified atom stereocenters. The summed E-state index contributed by atoms with van der Waals surface area (Å²) in [5.41, 5.74) is 14.8. The summed E-state index contributed by atoms with van der Waals surface area (Å²) in [6.07, 6.45) is 37.9. The predicted molar refractivity (Wildman–Crippen MR) is 277 cm³/mol. The third kappa shape index (κ3) is 28.7. The summed E-state index contributed by atoms with van der Waals surface area (Å²) in [5, 5.41) is 0. The summed E-state index contributed by atoms with van der Waals surface area (Å²) < 4.78 is 118. The molecule has 12 nitrogen and oxygen atoms in total. The second-order valence-electron chi connectivity index (χ2n) is 16.0. The SMILES string of the molecule is Cc1ccnc(-c2cc(C=Cc3cncnc3)ccn2)c1.Cc1ccnc(-c2cc(C=Cc3cncnc3)ccn2)c1.Cc1ccnc(-c2cc(C=Cc3cncnc3)ccn2)c1.F[P-](F)(F)(F)(F)F.F[P-](F)(F)(F)(F)F.[Fe+2]. The van der Waals surface area contributed by atoms with Crippen molar-refractivity contribution in [3.8, 4) is 34.2 Å². The molecule has 0 saturated carbocycles. The Bertz CT molecular complexity index is 3090. The van der Waals surface area contributed by atoms with E-state index in [9.17, 15) is 50.4 Å². The van der Waals surface area contributed by atoms with E-state index in [0.29, 0.717) is 0 Å². The molecule has 9 rings (SSSR count). The van der Waals surface area contributed by atoms with Crippen molar-refractivity contribution in [3.05, 3.63) is 216 Å². The molecule has 0 aliphatic rings. The van der Waals surface area contributed by atoms with Gasteiger partial charge >= 0.3 is 83.0 Å². The van der Waals surface area contributed by atoms with E-state index >= 15 is 0 Å². The first-order chi connectivity index (χ1) is 35.8. The van der Waals surface area contributed by atoms with Gasteiger partial charge in [-0.2, -0.15) is 0 Å². The van der Waals surface area contributed by atoms with Crippen molar-refractivity contribution in [1.29, 1.82) is 0 Å². The number of halogens is 12. The van der Waals surface area contributed by atoms with Crippen molar-refractivity contribution in [3.63, 3.8) is 0 Å². The molecule has 0 saturated heterocycles. The van der Waals surface area contributed by atoms with Crippen molar-refractivity contribution in [2.45, 2.75) is 20.8 Å². The number of hydrogen-bond donors (Lipinski definition) is 0. The van der Waals surface area contributed by atoms with Crippen LogP contribution in [0.5, 0.6) is 0 Å². The van der Waals surface area contributed by atoms with Gasteiger partial charge in [0.2, 0.25) is 0 Å². The molecule has 0 N–H and O–H groups in total. The normalized spacial score (nSPS) is 13.0. The Kier molecular flexibility index (Phi) is 20.3. The smallest absolute Gasteiger partial charge is 2.00 e. The van der Waals surface area contributed by atoms with Crippen molar-refractivity contribution in [2.24, 2.45) is 0 Å². The molecule has 9 aromatic heterocycles. The molecule has 0 aliphatic heterocycles. The molecular formula is C51H42F12FeN12P2. The van der Waals surface area contributed by atoms with E-state index in [2.05, 4.69) is 59.8 Å². The Balaban J connectivity index is 0.000000223. The maximum atomic E-state index is 9.87. The van der Waals surface area contributed by atoms with Gasteiger partial charge in [-0.1, -0.05) is 36.5 Å². The van der Waals surface area contributed by atoms with E-state index in [1.807, 2.05) is 130 Å². The first kappa shape index (κ1) is 62.4. The first-order valence-corrected chi connectivity index (χ1v) is 26.0. The maximum Gasteiger partial charge on any atom is 2.00 e. The Labute approximate surface area is 448 Å². The Hall–Kier alpha value is -8.10. The molecule has 27 heteroatoms. The van der Waals surface area contributed by atoms with Gasteiger partial charge in [0.25, 0.3) is 0 Å². The standard InChI is InChI=1S/3C17H14N4.2F6P.Fe/c3*1-13-4-6-20-16(8-13)17-9-14(5-7-21-17)2-3-15-10-18-12-19-11-15;2*1-7(2,3,4,5)6;/h3*2-12H,1H3;;;/q;;;2*-1;+2. The molecule has 0 radical (unpaired) electrons. The van der Waals surface area contributed by atoms with E-state index in [4.69, 9.17) is 0 Å². The van der Waals surface area contributed by atoms with Crippen LogP contribution in [0.15, 0.2) is 166 Å². The minimum Gasteiger partial charge on any atom is 2.00 e. The van der Waals surface area contributed by atoms with Crippen LogP contribution in [-0.4, -0.2) is 59.8 Å². The van der Waals surface area contributed by atoms with Crippen molar-refractivity contribution in [2.75, 3.05) is 0 Å². The van der Waals surface area contributed by atoms with Crippen LogP contribution in [0.1, 0.15) is 50.1 Å². The van der Waals surface area contributed by atoms with Crippen LogP contribution in [0.4, 0.5) is 50.4 Å². The van der Waals surface area contributed by atoms with Gasteiger partial charge in [-0.25, -0.2) is 29.9 Å². The van der Waals surface area contributed by atoms with E-state index in [-0.39, 0.29) is 17.1 Å². The Morgan fingerprint density at radius 1 is 0.282 bits per heavy atom. The summed E-state index contributed by atoms with van der Waals surface area (Å²) in [5.74, 6) is 0. The van der Waals surface area contributed by atoms with Crippen LogP contribution < -0.4 is 0 Å². The zero-order valence-corrected chi connectivity index (χ0v) is 43.6. The average Bonchev–Trinajstić information content (AvgIpc) is 3.38. The molecule has 78 heavy (non-hydrogen) atoms. The molecule has 0 atom stereocenters. The summed E-state index contributed by atoms with van der Waals surface area (Å²) in [4.78, 5) is 50.2. The van der Waals surface area contributed by atoms with Crippen LogP contribution >= 0.6 is 15.6 Å². The largest absolute Gasteiger partial charge is 2.00 e. The Morgan fingerprint density at radius 3 is 0.667 bits per heavy atom. The fourth-order valence-corrected chi connectivity index (χ4v) is 5.87. The molecular weight excluding hydrogens is 1130 g/mol. The van der Waals surface area contributed by atoms with Crippen LogP contribution in [0.25, 0.3) is 70.6 Å². The van der Waals surface area contributed by atoms with Gasteiger partial charge in [-0.05, 0) is 127 Å². The summed E-state index contributed by atoms with van der Waals surface area (Å²) >= 11 is 0. The molecule has 9 aromatic rings. The summed E-state index contributed by atoms with van der Waals surface area (Å²) in [6, 6.07) is 23.9. The maximum absolute atomic E-state index is 10.7. The zero-order valence-electron chi connectivity index (χ0n) is 40.7. The van der Waals surface area contributed by atoms with Crippen molar-refractivity contribution in [1.82, 2.24) is 59.8 Å². The van der Waals surface area contributed by atoms with E-state index < -0.39 is 15.6 Å². The van der Waals surface area contributed by atoms with Gasteiger partial charge in [0.1, 0.15) is 19.0 Å². The van der Waals surface area contributed by atoms with E-state index in [0.717, 1.165) is 67.5 Å². The van der Waals surface area contributed by atoms with Gasteiger partial charge in [0, 0.05) is 91.1 Å². The number of pyridine rings is 6. The number of hydrogen-bond acceptors (Lipinski definition) is 12. The van der Waals surface area contributed by atoms with Gasteiger partial charge < -0.3 is 0 Å². The van der Waals surface area contributed by atoms with Gasteiger partial charge in [0.15, 0.2) is 0 Å². The van der Waals surface area contributed by atoms with Crippen molar-refractivity contribution < 1.29 is 67.4 Å². The van der Waals surface area contributed by atoms with Gasteiger partial charge in [-0.15, -0.1) is 0 Å². The second-order valence-corrected chi connectivity index (χ2v) is 19.8. The molecule has 0 spiro atoms. The third-order valence-electron chi connectivity index (χ3n) is 9.03. The summed E-state index contributed by atoms with van der Waals surface area (Å²) in [7, 11) is -21.3. The van der Waals surface area contributed by atoms with Gasteiger partial charge in [0.05, 0.1) is 34.2 Å². The Morgan fingerprint density at radius 2 is 0.462 bits per heavy atom. The number of aromatic nitrogens is 12. The van der Waals surface area contributed by atoms with E-state index in [1.165, 1.54) is 35.7 Å². The molecule has 408 valence electrons. The molecule has 0 bridgehead atoms. The van der Waals surface area contributed by atoms with Crippen LogP contribution in [0.2, 0.25) is 0 Å². The number of aryl methyl sites for hydroxylation is 3. The molecule has 9 heterocycles. The second kappa shape index (κ2) is 25.4. The average molecular weight is 1170 g/mol.